The van der Waals surface area contributed by atoms with Crippen LogP contribution < -0.4 is 5.32 Å². The van der Waals surface area contributed by atoms with E-state index in [4.69, 9.17) is 4.42 Å². The second kappa shape index (κ2) is 5.93. The summed E-state index contributed by atoms with van der Waals surface area (Å²) in [5, 5.41) is 12.6. The van der Waals surface area contributed by atoms with Gasteiger partial charge in [-0.3, -0.25) is 0 Å². The van der Waals surface area contributed by atoms with E-state index in [1.165, 1.54) is 0 Å². The van der Waals surface area contributed by atoms with E-state index in [0.717, 1.165) is 12.2 Å². The first kappa shape index (κ1) is 12.3. The highest BCUT2D eigenvalue weighted by atomic mass is 16.3. The number of aliphatic hydroxyl groups is 1. The van der Waals surface area contributed by atoms with Gasteiger partial charge in [0.25, 0.3) is 0 Å². The molecule has 0 amide bonds. The molecule has 3 nitrogen and oxygen atoms in total. The third-order valence-electron chi connectivity index (χ3n) is 2.43. The second-order valence-corrected chi connectivity index (χ2v) is 4.41. The van der Waals surface area contributed by atoms with E-state index >= 15 is 0 Å². The van der Waals surface area contributed by atoms with Gasteiger partial charge in [-0.1, -0.05) is 13.8 Å². The van der Waals surface area contributed by atoms with Crippen LogP contribution in [0.15, 0.2) is 22.8 Å². The van der Waals surface area contributed by atoms with Crippen LogP contribution in [0.25, 0.3) is 0 Å². The fourth-order valence-electron chi connectivity index (χ4n) is 1.74. The minimum absolute atomic E-state index is 0.144. The Balaban J connectivity index is 2.44. The zero-order valence-electron chi connectivity index (χ0n) is 9.73. The monoisotopic (exact) mass is 211 g/mol. The summed E-state index contributed by atoms with van der Waals surface area (Å²) in [6.45, 7) is 6.52. The van der Waals surface area contributed by atoms with Crippen LogP contribution in [0.4, 0.5) is 0 Å². The molecule has 0 aromatic carbocycles. The average molecular weight is 211 g/mol. The quantitative estimate of drug-likeness (QED) is 0.759. The Kier molecular flexibility index (Phi) is 4.85. The molecule has 0 saturated heterocycles. The van der Waals surface area contributed by atoms with Crippen molar-refractivity contribution in [2.24, 2.45) is 5.92 Å². The molecule has 2 N–H and O–H groups in total. The number of aliphatic hydroxyl groups excluding tert-OH is 1. The van der Waals surface area contributed by atoms with Crippen LogP contribution in [0.2, 0.25) is 0 Å². The maximum absolute atomic E-state index is 9.23. The topological polar surface area (TPSA) is 45.4 Å². The molecule has 1 aromatic heterocycles. The molecule has 0 bridgehead atoms. The van der Waals surface area contributed by atoms with Crippen LogP contribution in [0, 0.1) is 5.92 Å². The fourth-order valence-corrected chi connectivity index (χ4v) is 1.74. The molecule has 0 fully saturated rings. The highest BCUT2D eigenvalue weighted by Crippen LogP contribution is 2.15. The van der Waals surface area contributed by atoms with Gasteiger partial charge >= 0.3 is 0 Å². The summed E-state index contributed by atoms with van der Waals surface area (Å²) in [7, 11) is 0. The summed E-state index contributed by atoms with van der Waals surface area (Å²) >= 11 is 0. The van der Waals surface area contributed by atoms with Gasteiger partial charge in [0.15, 0.2) is 0 Å². The Hall–Kier alpha value is -0.800. The molecule has 1 heterocycles. The second-order valence-electron chi connectivity index (χ2n) is 4.41. The molecule has 0 aliphatic carbocycles. The van der Waals surface area contributed by atoms with E-state index in [9.17, 15) is 5.11 Å². The van der Waals surface area contributed by atoms with Gasteiger partial charge in [0.2, 0.25) is 0 Å². The predicted octanol–water partition coefficient (Wildman–Crippen LogP) is 2.34. The van der Waals surface area contributed by atoms with E-state index in [1.54, 1.807) is 6.26 Å². The normalized spacial score (nSPS) is 15.5. The fraction of sp³-hybridized carbons (Fsp3) is 0.667. The van der Waals surface area contributed by atoms with E-state index in [1.807, 2.05) is 19.1 Å². The van der Waals surface area contributed by atoms with Gasteiger partial charge in [0.05, 0.1) is 18.9 Å². The molecule has 2 unspecified atom stereocenters. The number of hydrogen-bond donors (Lipinski definition) is 2. The molecule has 0 radical (unpaired) electrons. The van der Waals surface area contributed by atoms with Gasteiger partial charge in [-0.2, -0.15) is 0 Å². The van der Waals surface area contributed by atoms with Crippen LogP contribution >= 0.6 is 0 Å². The largest absolute Gasteiger partial charge is 0.468 e. The van der Waals surface area contributed by atoms with Gasteiger partial charge in [-0.05, 0) is 31.4 Å². The smallest absolute Gasteiger partial charge is 0.120 e. The zero-order chi connectivity index (χ0) is 11.3. The number of furan rings is 1. The highest BCUT2D eigenvalue weighted by Gasteiger charge is 2.15. The van der Waals surface area contributed by atoms with E-state index < -0.39 is 0 Å². The lowest BCUT2D eigenvalue weighted by atomic mass is 10.0. The molecule has 0 aliphatic heterocycles. The lowest BCUT2D eigenvalue weighted by Crippen LogP contribution is -2.35. The molecular formula is C12H21NO2. The summed E-state index contributed by atoms with van der Waals surface area (Å²) in [4.78, 5) is 0. The molecule has 3 heteroatoms. The molecule has 15 heavy (non-hydrogen) atoms. The van der Waals surface area contributed by atoms with Crippen molar-refractivity contribution in [2.75, 3.05) is 6.61 Å². The molecule has 86 valence electrons. The minimum atomic E-state index is 0.144. The highest BCUT2D eigenvalue weighted by molar-refractivity contribution is 5.03. The lowest BCUT2D eigenvalue weighted by Gasteiger charge is -2.21. The maximum atomic E-state index is 9.23. The Bertz CT molecular complexity index is 257. The lowest BCUT2D eigenvalue weighted by molar-refractivity contribution is 0.210. The van der Waals surface area contributed by atoms with Crippen molar-refractivity contribution in [3.05, 3.63) is 24.2 Å². The van der Waals surface area contributed by atoms with Crippen molar-refractivity contribution in [2.45, 2.75) is 39.3 Å². The third kappa shape index (κ3) is 4.06. The number of nitrogens with one attached hydrogen (secondary N) is 1. The number of rotatable bonds is 6. The third-order valence-corrected chi connectivity index (χ3v) is 2.43. The molecule has 1 aromatic rings. The minimum Gasteiger partial charge on any atom is -0.468 e. The molecule has 2 atom stereocenters. The summed E-state index contributed by atoms with van der Waals surface area (Å²) in [5.74, 6) is 1.50. The van der Waals surface area contributed by atoms with Crippen LogP contribution in [0.5, 0.6) is 0 Å². The van der Waals surface area contributed by atoms with E-state index in [2.05, 4.69) is 19.2 Å². The molecule has 0 aliphatic rings. The van der Waals surface area contributed by atoms with E-state index in [0.29, 0.717) is 5.92 Å². The Morgan fingerprint density at radius 3 is 2.60 bits per heavy atom. The van der Waals surface area contributed by atoms with Crippen LogP contribution in [0.3, 0.4) is 0 Å². The first-order chi connectivity index (χ1) is 7.13. The Labute approximate surface area is 91.5 Å². The van der Waals surface area contributed by atoms with Gasteiger partial charge in [0.1, 0.15) is 5.76 Å². The molecule has 0 saturated carbocycles. The van der Waals surface area contributed by atoms with Crippen LogP contribution in [-0.4, -0.2) is 17.8 Å². The summed E-state index contributed by atoms with van der Waals surface area (Å²) in [5.41, 5.74) is 0. The van der Waals surface area contributed by atoms with Crippen molar-refractivity contribution < 1.29 is 9.52 Å². The molecule has 1 rings (SSSR count). The standard InChI is InChI=1S/C12H21NO2/c1-9(2)7-11(8-14)13-10(3)12-5-4-6-15-12/h4-6,9-11,13-14H,7-8H2,1-3H3. The first-order valence-electron chi connectivity index (χ1n) is 5.53. The number of hydrogen-bond acceptors (Lipinski definition) is 3. The van der Waals surface area contributed by atoms with Gasteiger partial charge < -0.3 is 14.8 Å². The molecule has 0 spiro atoms. The maximum Gasteiger partial charge on any atom is 0.120 e. The molecular weight excluding hydrogens is 190 g/mol. The Morgan fingerprint density at radius 1 is 1.40 bits per heavy atom. The summed E-state index contributed by atoms with van der Waals surface area (Å²) in [6, 6.07) is 4.12. The van der Waals surface area contributed by atoms with Crippen molar-refractivity contribution in [3.8, 4) is 0 Å². The Morgan fingerprint density at radius 2 is 2.13 bits per heavy atom. The SMILES string of the molecule is CC(C)CC(CO)NC(C)c1ccco1. The summed E-state index contributed by atoms with van der Waals surface area (Å²) in [6.07, 6.45) is 2.64. The summed E-state index contributed by atoms with van der Waals surface area (Å²) < 4.78 is 5.30. The van der Waals surface area contributed by atoms with Gasteiger partial charge in [0, 0.05) is 6.04 Å². The first-order valence-corrected chi connectivity index (χ1v) is 5.53. The predicted molar refractivity (Wildman–Crippen MR) is 60.6 cm³/mol. The van der Waals surface area contributed by atoms with Crippen molar-refractivity contribution in [3.63, 3.8) is 0 Å². The van der Waals surface area contributed by atoms with Crippen molar-refractivity contribution >= 4 is 0 Å². The van der Waals surface area contributed by atoms with Crippen molar-refractivity contribution in [1.29, 1.82) is 0 Å². The van der Waals surface area contributed by atoms with Gasteiger partial charge in [-0.15, -0.1) is 0 Å². The van der Waals surface area contributed by atoms with Crippen LogP contribution in [0.1, 0.15) is 39.0 Å². The van der Waals surface area contributed by atoms with Crippen LogP contribution in [-0.2, 0) is 0 Å². The van der Waals surface area contributed by atoms with Gasteiger partial charge in [-0.25, -0.2) is 0 Å². The average Bonchev–Trinajstić information content (AvgIpc) is 2.68. The zero-order valence-corrected chi connectivity index (χ0v) is 9.73. The van der Waals surface area contributed by atoms with E-state index in [-0.39, 0.29) is 18.7 Å². The van der Waals surface area contributed by atoms with Crippen molar-refractivity contribution in [1.82, 2.24) is 5.32 Å².